The normalized spacial score (nSPS) is 15.2. The van der Waals surface area contributed by atoms with E-state index in [9.17, 15) is 4.79 Å². The number of carbonyl (C=O) groups is 1. The number of aromatic nitrogens is 2. The van der Waals surface area contributed by atoms with Crippen molar-refractivity contribution in [1.29, 1.82) is 0 Å². The van der Waals surface area contributed by atoms with Crippen LogP contribution in [0.3, 0.4) is 0 Å². The minimum atomic E-state index is -0.0285. The first-order chi connectivity index (χ1) is 9.04. The molecule has 1 heterocycles. The van der Waals surface area contributed by atoms with Crippen molar-refractivity contribution < 1.29 is 9.90 Å². The van der Waals surface area contributed by atoms with Gasteiger partial charge < -0.3 is 10.0 Å². The zero-order chi connectivity index (χ0) is 14.0. The van der Waals surface area contributed by atoms with Crippen molar-refractivity contribution in [1.82, 2.24) is 14.7 Å². The molecule has 5 nitrogen and oxygen atoms in total. The molecule has 0 bridgehead atoms. The first-order valence-corrected chi connectivity index (χ1v) is 6.64. The minimum Gasteiger partial charge on any atom is -0.395 e. The molecule has 0 radical (unpaired) electrons. The molecule has 0 unspecified atom stereocenters. The SMILES string of the molecule is Cc1nn(C)c(C)c1/C=C/C(=O)N(CCO)C1CC1. The standard InChI is InChI=1S/C14H21N3O2/c1-10-13(11(2)16(3)15-10)6-7-14(19)17(8-9-18)12-4-5-12/h6-7,12,18H,4-5,8-9H2,1-3H3/b7-6+. The van der Waals surface area contributed by atoms with E-state index in [1.165, 1.54) is 0 Å². The lowest BCUT2D eigenvalue weighted by Gasteiger charge is -2.19. The zero-order valence-corrected chi connectivity index (χ0v) is 11.8. The van der Waals surface area contributed by atoms with Gasteiger partial charge in [0.05, 0.1) is 12.3 Å². The predicted octanol–water partition coefficient (Wildman–Crippen LogP) is 1.03. The molecule has 2 rings (SSSR count). The molecule has 1 saturated carbocycles. The van der Waals surface area contributed by atoms with Gasteiger partial charge >= 0.3 is 0 Å². The molecule has 0 aliphatic heterocycles. The van der Waals surface area contributed by atoms with E-state index in [4.69, 9.17) is 5.11 Å². The summed E-state index contributed by atoms with van der Waals surface area (Å²) in [7, 11) is 1.89. The second-order valence-electron chi connectivity index (χ2n) is 5.03. The van der Waals surface area contributed by atoms with E-state index in [2.05, 4.69) is 5.10 Å². The smallest absolute Gasteiger partial charge is 0.246 e. The molecular weight excluding hydrogens is 242 g/mol. The lowest BCUT2D eigenvalue weighted by Crippen LogP contribution is -2.34. The van der Waals surface area contributed by atoms with Gasteiger partial charge in [0.1, 0.15) is 0 Å². The lowest BCUT2D eigenvalue weighted by atomic mass is 10.2. The molecule has 1 aliphatic rings. The Bertz CT molecular complexity index is 501. The second-order valence-corrected chi connectivity index (χ2v) is 5.03. The van der Waals surface area contributed by atoms with Gasteiger partial charge in [0, 0.05) is 37.0 Å². The maximum Gasteiger partial charge on any atom is 0.246 e. The number of aliphatic hydroxyl groups excluding tert-OH is 1. The summed E-state index contributed by atoms with van der Waals surface area (Å²) in [4.78, 5) is 13.9. The third-order valence-corrected chi connectivity index (χ3v) is 3.57. The van der Waals surface area contributed by atoms with Gasteiger partial charge in [-0.1, -0.05) is 0 Å². The van der Waals surface area contributed by atoms with Crippen molar-refractivity contribution in [2.45, 2.75) is 32.7 Å². The Balaban J connectivity index is 2.10. The van der Waals surface area contributed by atoms with Crippen molar-refractivity contribution in [3.63, 3.8) is 0 Å². The van der Waals surface area contributed by atoms with Gasteiger partial charge in [0.15, 0.2) is 0 Å². The van der Waals surface area contributed by atoms with Crippen LogP contribution in [0.25, 0.3) is 6.08 Å². The largest absolute Gasteiger partial charge is 0.395 e. The molecule has 0 aromatic carbocycles. The molecule has 1 aromatic rings. The highest BCUT2D eigenvalue weighted by Crippen LogP contribution is 2.27. The third kappa shape index (κ3) is 3.04. The molecule has 5 heteroatoms. The summed E-state index contributed by atoms with van der Waals surface area (Å²) in [6.07, 6.45) is 5.51. The molecule has 104 valence electrons. The topological polar surface area (TPSA) is 58.4 Å². The van der Waals surface area contributed by atoms with Crippen LogP contribution in [0.5, 0.6) is 0 Å². The highest BCUT2D eigenvalue weighted by atomic mass is 16.3. The molecule has 1 fully saturated rings. The van der Waals surface area contributed by atoms with Crippen LogP contribution >= 0.6 is 0 Å². The van der Waals surface area contributed by atoms with Gasteiger partial charge in [-0.25, -0.2) is 0 Å². The van der Waals surface area contributed by atoms with Crippen LogP contribution < -0.4 is 0 Å². The Kier molecular flexibility index (Phi) is 4.04. The fourth-order valence-corrected chi connectivity index (χ4v) is 2.25. The minimum absolute atomic E-state index is 0.0149. The number of hydrogen-bond acceptors (Lipinski definition) is 3. The van der Waals surface area contributed by atoms with E-state index >= 15 is 0 Å². The maximum absolute atomic E-state index is 12.1. The quantitative estimate of drug-likeness (QED) is 0.807. The van der Waals surface area contributed by atoms with E-state index in [0.29, 0.717) is 12.6 Å². The fraction of sp³-hybridized carbons (Fsp3) is 0.571. The highest BCUT2D eigenvalue weighted by Gasteiger charge is 2.30. The molecule has 0 spiro atoms. The van der Waals surface area contributed by atoms with Gasteiger partial charge in [0.2, 0.25) is 5.91 Å². The average molecular weight is 263 g/mol. The Hall–Kier alpha value is -1.62. The molecule has 1 amide bonds. The summed E-state index contributed by atoms with van der Waals surface area (Å²) in [5.41, 5.74) is 2.96. The summed E-state index contributed by atoms with van der Waals surface area (Å²) >= 11 is 0. The maximum atomic E-state index is 12.1. The average Bonchev–Trinajstić information content (AvgIpc) is 3.15. The summed E-state index contributed by atoms with van der Waals surface area (Å²) < 4.78 is 1.81. The van der Waals surface area contributed by atoms with E-state index in [1.54, 1.807) is 11.0 Å². The van der Waals surface area contributed by atoms with Crippen LogP contribution in [-0.4, -0.2) is 44.9 Å². The van der Waals surface area contributed by atoms with Gasteiger partial charge in [-0.15, -0.1) is 0 Å². The van der Waals surface area contributed by atoms with Crippen molar-refractivity contribution in [3.8, 4) is 0 Å². The van der Waals surface area contributed by atoms with E-state index in [0.717, 1.165) is 29.8 Å². The molecule has 1 aromatic heterocycles. The molecule has 0 atom stereocenters. The van der Waals surface area contributed by atoms with Gasteiger partial charge in [-0.3, -0.25) is 9.48 Å². The Labute approximate surface area is 113 Å². The molecule has 0 saturated heterocycles. The lowest BCUT2D eigenvalue weighted by molar-refractivity contribution is -0.127. The van der Waals surface area contributed by atoms with Crippen LogP contribution in [-0.2, 0) is 11.8 Å². The van der Waals surface area contributed by atoms with Crippen molar-refractivity contribution in [2.75, 3.05) is 13.2 Å². The van der Waals surface area contributed by atoms with Crippen molar-refractivity contribution >= 4 is 12.0 Å². The van der Waals surface area contributed by atoms with E-state index < -0.39 is 0 Å². The number of aliphatic hydroxyl groups is 1. The number of hydrogen-bond donors (Lipinski definition) is 1. The van der Waals surface area contributed by atoms with Crippen LogP contribution in [0.4, 0.5) is 0 Å². The van der Waals surface area contributed by atoms with Crippen LogP contribution in [0.1, 0.15) is 29.8 Å². The number of carbonyl (C=O) groups excluding carboxylic acids is 1. The summed E-state index contributed by atoms with van der Waals surface area (Å²) in [6.45, 7) is 4.35. The van der Waals surface area contributed by atoms with Crippen LogP contribution in [0, 0.1) is 13.8 Å². The highest BCUT2D eigenvalue weighted by molar-refractivity contribution is 5.92. The molecular formula is C14H21N3O2. The van der Waals surface area contributed by atoms with Gasteiger partial charge in [-0.05, 0) is 32.8 Å². The van der Waals surface area contributed by atoms with Gasteiger partial charge in [-0.2, -0.15) is 5.10 Å². The van der Waals surface area contributed by atoms with E-state index in [-0.39, 0.29) is 12.5 Å². The van der Waals surface area contributed by atoms with Crippen molar-refractivity contribution in [3.05, 3.63) is 23.0 Å². The van der Waals surface area contributed by atoms with E-state index in [1.807, 2.05) is 31.7 Å². The monoisotopic (exact) mass is 263 g/mol. The molecule has 1 N–H and O–H groups in total. The number of rotatable bonds is 5. The number of nitrogens with zero attached hydrogens (tertiary/aromatic N) is 3. The van der Waals surface area contributed by atoms with Crippen LogP contribution in [0.2, 0.25) is 0 Å². The van der Waals surface area contributed by atoms with Gasteiger partial charge in [0.25, 0.3) is 0 Å². The molecule has 1 aliphatic carbocycles. The first kappa shape index (κ1) is 13.8. The Morgan fingerprint density at radius 2 is 2.21 bits per heavy atom. The van der Waals surface area contributed by atoms with Crippen molar-refractivity contribution in [2.24, 2.45) is 7.05 Å². The molecule has 19 heavy (non-hydrogen) atoms. The summed E-state index contributed by atoms with van der Waals surface area (Å²) in [5, 5.41) is 13.3. The van der Waals surface area contributed by atoms with Crippen LogP contribution in [0.15, 0.2) is 6.08 Å². The zero-order valence-electron chi connectivity index (χ0n) is 11.8. The summed E-state index contributed by atoms with van der Waals surface area (Å²) in [6, 6.07) is 0.320. The Morgan fingerprint density at radius 3 is 2.68 bits per heavy atom. The predicted molar refractivity (Wildman–Crippen MR) is 73.5 cm³/mol. The second kappa shape index (κ2) is 5.57. The summed E-state index contributed by atoms with van der Waals surface area (Å²) in [5.74, 6) is -0.0285. The Morgan fingerprint density at radius 1 is 1.53 bits per heavy atom. The number of amides is 1. The number of aryl methyl sites for hydroxylation is 2. The third-order valence-electron chi connectivity index (χ3n) is 3.57. The fourth-order valence-electron chi connectivity index (χ4n) is 2.25. The first-order valence-electron chi connectivity index (χ1n) is 6.64.